The molecule has 39 heavy (non-hydrogen) atoms. The summed E-state index contributed by atoms with van der Waals surface area (Å²) >= 11 is 6.38. The van der Waals surface area contributed by atoms with E-state index in [1.54, 1.807) is 38.1 Å². The Morgan fingerprint density at radius 2 is 1.49 bits per heavy atom. The normalized spacial score (nSPS) is 16.4. The van der Waals surface area contributed by atoms with Gasteiger partial charge in [-0.1, -0.05) is 35.9 Å². The van der Waals surface area contributed by atoms with Crippen molar-refractivity contribution < 1.29 is 26.4 Å². The number of anilines is 1. The van der Waals surface area contributed by atoms with Gasteiger partial charge in [0.05, 0.1) is 21.9 Å². The lowest BCUT2D eigenvalue weighted by molar-refractivity contribution is -0.122. The second-order valence-corrected chi connectivity index (χ2v) is 13.4. The zero-order valence-corrected chi connectivity index (χ0v) is 24.2. The van der Waals surface area contributed by atoms with Crippen molar-refractivity contribution in [3.63, 3.8) is 0 Å². The van der Waals surface area contributed by atoms with Crippen LogP contribution in [0.1, 0.15) is 34.2 Å². The molecular weight excluding hydrogens is 562 g/mol. The van der Waals surface area contributed by atoms with Gasteiger partial charge in [0.2, 0.25) is 26.0 Å². The predicted molar refractivity (Wildman–Crippen MR) is 148 cm³/mol. The number of amides is 2. The molecule has 1 saturated heterocycles. The standard InChI is InChI=1S/C27H28ClN3O6S2/c1-16-13-17(2)19(4)26(18(16)3)39(36,37)30(15-20-7-5-6-8-23(20)28)24-14-25(32)31(27(24)33)21-9-11-22(12-10-21)38(29,34)35/h5-13,24H,14-15H2,1-4H3,(H2,29,34,35). The Balaban J connectivity index is 1.84. The molecule has 1 atom stereocenters. The largest absolute Gasteiger partial charge is 0.274 e. The molecule has 0 aliphatic carbocycles. The van der Waals surface area contributed by atoms with E-state index in [0.717, 1.165) is 20.3 Å². The maximum Gasteiger partial charge on any atom is 0.252 e. The molecule has 1 unspecified atom stereocenters. The highest BCUT2D eigenvalue weighted by atomic mass is 35.5. The van der Waals surface area contributed by atoms with Crippen LogP contribution in [-0.4, -0.2) is 39.0 Å². The third-order valence-corrected chi connectivity index (χ3v) is 10.5. The molecule has 1 fully saturated rings. The number of carbonyl (C=O) groups is 2. The first-order chi connectivity index (χ1) is 18.1. The number of benzene rings is 3. The van der Waals surface area contributed by atoms with Gasteiger partial charge in [0.15, 0.2) is 0 Å². The average molecular weight is 590 g/mol. The highest BCUT2D eigenvalue weighted by molar-refractivity contribution is 7.89. The number of halogens is 1. The lowest BCUT2D eigenvalue weighted by atomic mass is 10.0. The molecule has 2 N–H and O–H groups in total. The molecular formula is C27H28ClN3O6S2. The Hall–Kier alpha value is -3.09. The zero-order valence-electron chi connectivity index (χ0n) is 21.8. The first-order valence-electron chi connectivity index (χ1n) is 12.0. The number of primary sulfonamides is 1. The van der Waals surface area contributed by atoms with Crippen molar-refractivity contribution in [1.29, 1.82) is 0 Å². The Kier molecular flexibility index (Phi) is 7.76. The highest BCUT2D eigenvalue weighted by Crippen LogP contribution is 2.35. The van der Waals surface area contributed by atoms with Crippen molar-refractivity contribution in [3.8, 4) is 0 Å². The molecule has 9 nitrogen and oxygen atoms in total. The van der Waals surface area contributed by atoms with Gasteiger partial charge in [0.25, 0.3) is 5.91 Å². The molecule has 1 aliphatic heterocycles. The molecule has 2 amide bonds. The molecule has 1 heterocycles. The number of carbonyl (C=O) groups excluding carboxylic acids is 2. The van der Waals surface area contributed by atoms with Crippen molar-refractivity contribution in [2.24, 2.45) is 5.14 Å². The topological polar surface area (TPSA) is 135 Å². The molecule has 3 aromatic rings. The van der Waals surface area contributed by atoms with Crippen LogP contribution in [0.2, 0.25) is 5.02 Å². The van der Waals surface area contributed by atoms with Crippen LogP contribution in [0.3, 0.4) is 0 Å². The van der Waals surface area contributed by atoms with Gasteiger partial charge in [-0.15, -0.1) is 0 Å². The van der Waals surface area contributed by atoms with Gasteiger partial charge in [-0.05, 0) is 85.8 Å². The fourth-order valence-electron chi connectivity index (χ4n) is 4.74. The number of imide groups is 1. The van der Waals surface area contributed by atoms with Crippen molar-refractivity contribution in [2.45, 2.75) is 56.5 Å². The Bertz CT molecular complexity index is 1680. The third-order valence-electron chi connectivity index (χ3n) is 7.04. The summed E-state index contributed by atoms with van der Waals surface area (Å²) in [6.45, 7) is 6.81. The third kappa shape index (κ3) is 5.37. The minimum absolute atomic E-state index is 0.0863. The lowest BCUT2D eigenvalue weighted by Crippen LogP contribution is -2.45. The van der Waals surface area contributed by atoms with E-state index in [2.05, 4.69) is 0 Å². The number of rotatable bonds is 7. The van der Waals surface area contributed by atoms with Crippen molar-refractivity contribution in [2.75, 3.05) is 4.90 Å². The van der Waals surface area contributed by atoms with Gasteiger partial charge < -0.3 is 0 Å². The SMILES string of the molecule is Cc1cc(C)c(C)c(S(=O)(=O)N(Cc2ccccc2Cl)C2CC(=O)N(c3ccc(S(N)(=O)=O)cc3)C2=O)c1C. The number of nitrogens with zero attached hydrogens (tertiary/aromatic N) is 2. The van der Waals surface area contributed by atoms with E-state index >= 15 is 0 Å². The summed E-state index contributed by atoms with van der Waals surface area (Å²) < 4.78 is 53.0. The highest BCUT2D eigenvalue weighted by Gasteiger charge is 2.47. The van der Waals surface area contributed by atoms with Crippen LogP contribution >= 0.6 is 11.6 Å². The molecule has 0 aromatic heterocycles. The van der Waals surface area contributed by atoms with Gasteiger partial charge in [0.1, 0.15) is 6.04 Å². The minimum atomic E-state index is -4.31. The van der Waals surface area contributed by atoms with Crippen LogP contribution in [0.25, 0.3) is 0 Å². The van der Waals surface area contributed by atoms with Crippen molar-refractivity contribution >= 4 is 49.1 Å². The van der Waals surface area contributed by atoms with Crippen LogP contribution in [0.4, 0.5) is 5.69 Å². The minimum Gasteiger partial charge on any atom is -0.274 e. The number of nitrogens with two attached hydrogens (primary N) is 1. The maximum atomic E-state index is 14.4. The summed E-state index contributed by atoms with van der Waals surface area (Å²) in [4.78, 5) is 27.6. The summed E-state index contributed by atoms with van der Waals surface area (Å²) in [6.07, 6.45) is -0.400. The molecule has 0 radical (unpaired) electrons. The number of sulfonamides is 2. The van der Waals surface area contributed by atoms with E-state index in [0.29, 0.717) is 21.7 Å². The summed E-state index contributed by atoms with van der Waals surface area (Å²) in [7, 11) is -8.30. The first kappa shape index (κ1) is 28.9. The second-order valence-electron chi connectivity index (χ2n) is 9.56. The van der Waals surface area contributed by atoms with Crippen LogP contribution in [0.15, 0.2) is 64.4 Å². The van der Waals surface area contributed by atoms with E-state index in [4.69, 9.17) is 16.7 Å². The molecule has 3 aromatic carbocycles. The number of aryl methyl sites for hydroxylation is 2. The second kappa shape index (κ2) is 10.5. The smallest absolute Gasteiger partial charge is 0.252 e. The molecule has 0 saturated carbocycles. The summed E-state index contributed by atoms with van der Waals surface area (Å²) in [5.41, 5.74) is 3.23. The molecule has 0 bridgehead atoms. The number of hydrogen-bond donors (Lipinski definition) is 1. The molecule has 12 heteroatoms. The average Bonchev–Trinajstić information content (AvgIpc) is 3.14. The van der Waals surface area contributed by atoms with Gasteiger partial charge in [-0.25, -0.2) is 26.9 Å². The van der Waals surface area contributed by atoms with Crippen molar-refractivity contribution in [3.05, 3.63) is 87.4 Å². The van der Waals surface area contributed by atoms with E-state index in [1.165, 1.54) is 24.3 Å². The lowest BCUT2D eigenvalue weighted by Gasteiger charge is -2.29. The maximum absolute atomic E-state index is 14.4. The Morgan fingerprint density at radius 1 is 0.923 bits per heavy atom. The quantitative estimate of drug-likeness (QED) is 0.417. The zero-order chi connectivity index (χ0) is 28.9. The van der Waals surface area contributed by atoms with E-state index in [-0.39, 0.29) is 22.0 Å². The van der Waals surface area contributed by atoms with Crippen LogP contribution in [0.5, 0.6) is 0 Å². The van der Waals surface area contributed by atoms with Gasteiger partial charge in [0, 0.05) is 11.6 Å². The summed E-state index contributed by atoms with van der Waals surface area (Å²) in [5.74, 6) is -1.37. The molecule has 1 aliphatic rings. The van der Waals surface area contributed by atoms with Crippen LogP contribution in [0, 0.1) is 27.7 Å². The first-order valence-corrected chi connectivity index (χ1v) is 15.3. The van der Waals surface area contributed by atoms with Gasteiger partial charge in [-0.3, -0.25) is 9.59 Å². The van der Waals surface area contributed by atoms with Crippen LogP contribution < -0.4 is 10.0 Å². The predicted octanol–water partition coefficient (Wildman–Crippen LogP) is 3.74. The van der Waals surface area contributed by atoms with E-state index < -0.39 is 44.3 Å². The molecule has 206 valence electrons. The van der Waals surface area contributed by atoms with Gasteiger partial charge >= 0.3 is 0 Å². The molecule has 4 rings (SSSR count). The summed E-state index contributed by atoms with van der Waals surface area (Å²) in [6, 6.07) is 12.2. The molecule has 0 spiro atoms. The van der Waals surface area contributed by atoms with E-state index in [9.17, 15) is 26.4 Å². The van der Waals surface area contributed by atoms with Crippen LogP contribution in [-0.2, 0) is 36.2 Å². The Labute approximate surface area is 233 Å². The Morgan fingerprint density at radius 3 is 2.03 bits per heavy atom. The fourth-order valence-corrected chi connectivity index (χ4v) is 7.59. The van der Waals surface area contributed by atoms with E-state index in [1.807, 2.05) is 19.9 Å². The fraction of sp³-hybridized carbons (Fsp3) is 0.259. The van der Waals surface area contributed by atoms with Crippen molar-refractivity contribution in [1.82, 2.24) is 4.31 Å². The number of hydrogen-bond acceptors (Lipinski definition) is 6. The monoisotopic (exact) mass is 589 g/mol. The summed E-state index contributed by atoms with van der Waals surface area (Å²) in [5, 5.41) is 5.47. The van der Waals surface area contributed by atoms with Gasteiger partial charge in [-0.2, -0.15) is 4.31 Å².